The summed E-state index contributed by atoms with van der Waals surface area (Å²) in [6, 6.07) is 15.9. The van der Waals surface area contributed by atoms with Gasteiger partial charge in [0.2, 0.25) is 0 Å². The molecule has 0 bridgehead atoms. The minimum Gasteiger partial charge on any atom is -0.507 e. The molecule has 0 unspecified atom stereocenters. The van der Waals surface area contributed by atoms with E-state index in [4.69, 9.17) is 0 Å². The summed E-state index contributed by atoms with van der Waals surface area (Å²) >= 11 is 0. The molecule has 4 aromatic rings. The molecular formula is C20H14N4O4. The van der Waals surface area contributed by atoms with Crippen LogP contribution in [0.5, 0.6) is 11.5 Å². The van der Waals surface area contributed by atoms with E-state index in [9.17, 15) is 20.3 Å². The number of nitro groups is 1. The van der Waals surface area contributed by atoms with Crippen LogP contribution in [0.25, 0.3) is 22.4 Å². The number of aliphatic imine (C=N–C) groups is 1. The van der Waals surface area contributed by atoms with E-state index in [0.717, 1.165) is 11.0 Å². The molecule has 0 aliphatic heterocycles. The Bertz CT molecular complexity index is 1200. The van der Waals surface area contributed by atoms with E-state index >= 15 is 0 Å². The van der Waals surface area contributed by atoms with Crippen LogP contribution >= 0.6 is 0 Å². The molecule has 0 fully saturated rings. The lowest BCUT2D eigenvalue weighted by Crippen LogP contribution is -1.90. The van der Waals surface area contributed by atoms with Gasteiger partial charge in [-0.1, -0.05) is 12.1 Å². The lowest BCUT2D eigenvalue weighted by atomic mass is 10.1. The van der Waals surface area contributed by atoms with Crippen LogP contribution in [0.15, 0.2) is 65.7 Å². The first-order valence-corrected chi connectivity index (χ1v) is 8.31. The minimum absolute atomic E-state index is 0.0382. The van der Waals surface area contributed by atoms with Gasteiger partial charge in [0.05, 0.1) is 27.2 Å². The first-order valence-electron chi connectivity index (χ1n) is 8.31. The van der Waals surface area contributed by atoms with Crippen LogP contribution in [0.2, 0.25) is 0 Å². The molecule has 0 aliphatic rings. The molecule has 0 spiro atoms. The van der Waals surface area contributed by atoms with Crippen molar-refractivity contribution in [3.05, 3.63) is 76.3 Å². The van der Waals surface area contributed by atoms with Crippen molar-refractivity contribution in [3.63, 3.8) is 0 Å². The van der Waals surface area contributed by atoms with Gasteiger partial charge >= 0.3 is 0 Å². The van der Waals surface area contributed by atoms with Crippen molar-refractivity contribution in [1.82, 2.24) is 9.97 Å². The predicted octanol–water partition coefficient (Wildman–Crippen LogP) is 4.30. The maximum atomic E-state index is 10.9. The summed E-state index contributed by atoms with van der Waals surface area (Å²) in [7, 11) is 0. The highest BCUT2D eigenvalue weighted by atomic mass is 16.6. The van der Waals surface area contributed by atoms with Gasteiger partial charge in [0.1, 0.15) is 17.3 Å². The minimum atomic E-state index is -0.545. The summed E-state index contributed by atoms with van der Waals surface area (Å²) in [5.41, 5.74) is 2.63. The highest BCUT2D eigenvalue weighted by molar-refractivity contribution is 5.87. The molecule has 8 heteroatoms. The van der Waals surface area contributed by atoms with Gasteiger partial charge in [-0.05, 0) is 36.4 Å². The molecule has 28 heavy (non-hydrogen) atoms. The highest BCUT2D eigenvalue weighted by Crippen LogP contribution is 2.32. The number of hydrogen-bond donors (Lipinski definition) is 3. The number of nitro benzene ring substituents is 1. The van der Waals surface area contributed by atoms with Gasteiger partial charge in [0.15, 0.2) is 0 Å². The summed E-state index contributed by atoms with van der Waals surface area (Å²) in [5, 5.41) is 31.0. The third-order valence-electron chi connectivity index (χ3n) is 4.20. The number of H-pyrrole nitrogens is 1. The third kappa shape index (κ3) is 3.26. The van der Waals surface area contributed by atoms with Crippen LogP contribution in [0.3, 0.4) is 0 Å². The molecule has 0 radical (unpaired) electrons. The fraction of sp³-hybridized carbons (Fsp3) is 0. The molecule has 0 atom stereocenters. The first-order chi connectivity index (χ1) is 13.5. The fourth-order valence-corrected chi connectivity index (χ4v) is 2.78. The van der Waals surface area contributed by atoms with Crippen LogP contribution in [0.1, 0.15) is 5.56 Å². The normalized spacial score (nSPS) is 11.3. The van der Waals surface area contributed by atoms with Crippen molar-refractivity contribution >= 4 is 28.6 Å². The zero-order valence-corrected chi connectivity index (χ0v) is 14.4. The number of phenols is 2. The molecule has 0 amide bonds. The number of imidazole rings is 1. The third-order valence-corrected chi connectivity index (χ3v) is 4.20. The van der Waals surface area contributed by atoms with Gasteiger partial charge in [0.25, 0.3) is 5.69 Å². The lowest BCUT2D eigenvalue weighted by Gasteiger charge is -2.03. The number of non-ortho nitro benzene ring substituents is 1. The van der Waals surface area contributed by atoms with Gasteiger partial charge in [-0.2, -0.15) is 0 Å². The Morgan fingerprint density at radius 1 is 1.04 bits per heavy atom. The van der Waals surface area contributed by atoms with Gasteiger partial charge < -0.3 is 15.2 Å². The van der Waals surface area contributed by atoms with Crippen molar-refractivity contribution in [2.75, 3.05) is 0 Å². The zero-order valence-electron chi connectivity index (χ0n) is 14.4. The number of para-hydroxylation sites is 2. The Labute approximate surface area is 158 Å². The second-order valence-electron chi connectivity index (χ2n) is 6.06. The second-order valence-corrected chi connectivity index (χ2v) is 6.06. The van der Waals surface area contributed by atoms with E-state index in [1.807, 2.05) is 24.3 Å². The molecule has 0 aliphatic carbocycles. The van der Waals surface area contributed by atoms with Crippen LogP contribution in [0.4, 0.5) is 11.4 Å². The molecule has 3 aromatic carbocycles. The molecule has 8 nitrogen and oxygen atoms in total. The number of hydrogen-bond acceptors (Lipinski definition) is 6. The number of fused-ring (bicyclic) bond motifs is 1. The lowest BCUT2D eigenvalue weighted by molar-refractivity contribution is -0.384. The second kappa shape index (κ2) is 6.84. The van der Waals surface area contributed by atoms with E-state index in [0.29, 0.717) is 17.1 Å². The number of nitrogens with zero attached hydrogens (tertiary/aromatic N) is 3. The first kappa shape index (κ1) is 17.2. The summed E-state index contributed by atoms with van der Waals surface area (Å²) in [6.45, 7) is 0. The Balaban J connectivity index is 1.70. The van der Waals surface area contributed by atoms with E-state index in [-0.39, 0.29) is 22.7 Å². The molecule has 1 heterocycles. The average Bonchev–Trinajstić information content (AvgIpc) is 3.12. The standard InChI is InChI=1S/C20H14N4O4/c25-18-8-6-14(24(27)28)9-12(18)11-21-13-5-7-19(26)15(10-13)20-22-16-3-1-2-4-17(16)23-20/h1-11,25-26H,(H,22,23). The Kier molecular flexibility index (Phi) is 4.21. The van der Waals surface area contributed by atoms with Crippen molar-refractivity contribution in [1.29, 1.82) is 0 Å². The number of nitrogens with one attached hydrogen (secondary N) is 1. The van der Waals surface area contributed by atoms with E-state index in [1.165, 1.54) is 30.5 Å². The molecule has 0 saturated carbocycles. The summed E-state index contributed by atoms with van der Waals surface area (Å²) < 4.78 is 0. The average molecular weight is 374 g/mol. The summed E-state index contributed by atoms with van der Waals surface area (Å²) in [5.74, 6) is 0.413. The molecule has 4 rings (SSSR count). The van der Waals surface area contributed by atoms with Crippen molar-refractivity contribution in [2.24, 2.45) is 4.99 Å². The van der Waals surface area contributed by atoms with Crippen LogP contribution in [-0.4, -0.2) is 31.3 Å². The van der Waals surface area contributed by atoms with Crippen LogP contribution < -0.4 is 0 Å². The SMILES string of the molecule is O=[N+]([O-])c1ccc(O)c(C=Nc2ccc(O)c(-c3nc4ccccc4[nH]3)c2)c1. The predicted molar refractivity (Wildman–Crippen MR) is 105 cm³/mol. The maximum Gasteiger partial charge on any atom is 0.270 e. The quantitative estimate of drug-likeness (QED) is 0.279. The topological polar surface area (TPSA) is 125 Å². The van der Waals surface area contributed by atoms with Gasteiger partial charge in [0, 0.05) is 23.9 Å². The fourth-order valence-electron chi connectivity index (χ4n) is 2.78. The molecule has 138 valence electrons. The molecular weight excluding hydrogens is 360 g/mol. The smallest absolute Gasteiger partial charge is 0.270 e. The van der Waals surface area contributed by atoms with Gasteiger partial charge in [-0.3, -0.25) is 15.1 Å². The highest BCUT2D eigenvalue weighted by Gasteiger charge is 2.11. The number of phenolic OH excluding ortho intramolecular Hbond substituents is 2. The molecule has 1 aromatic heterocycles. The molecule has 0 saturated heterocycles. The maximum absolute atomic E-state index is 10.9. The Hall–Kier alpha value is -4.20. The van der Waals surface area contributed by atoms with E-state index in [2.05, 4.69) is 15.0 Å². The molecule has 3 N–H and O–H groups in total. The number of aromatic nitrogens is 2. The monoisotopic (exact) mass is 374 g/mol. The van der Waals surface area contributed by atoms with Crippen molar-refractivity contribution < 1.29 is 15.1 Å². The Morgan fingerprint density at radius 2 is 1.82 bits per heavy atom. The van der Waals surface area contributed by atoms with Gasteiger partial charge in [-0.25, -0.2) is 4.98 Å². The number of aromatic hydroxyl groups is 2. The largest absolute Gasteiger partial charge is 0.507 e. The number of benzene rings is 3. The summed E-state index contributed by atoms with van der Waals surface area (Å²) in [4.78, 5) is 22.2. The van der Waals surface area contributed by atoms with Crippen molar-refractivity contribution in [2.45, 2.75) is 0 Å². The number of aromatic amines is 1. The summed E-state index contributed by atoms with van der Waals surface area (Å²) in [6.07, 6.45) is 1.33. The van der Waals surface area contributed by atoms with Crippen LogP contribution in [0, 0.1) is 10.1 Å². The van der Waals surface area contributed by atoms with Gasteiger partial charge in [-0.15, -0.1) is 0 Å². The van der Waals surface area contributed by atoms with E-state index in [1.54, 1.807) is 12.1 Å². The number of rotatable bonds is 4. The zero-order chi connectivity index (χ0) is 19.7. The van der Waals surface area contributed by atoms with E-state index < -0.39 is 4.92 Å². The van der Waals surface area contributed by atoms with Crippen molar-refractivity contribution in [3.8, 4) is 22.9 Å². The van der Waals surface area contributed by atoms with Crippen LogP contribution in [-0.2, 0) is 0 Å². The Morgan fingerprint density at radius 3 is 2.61 bits per heavy atom.